The van der Waals surface area contributed by atoms with E-state index in [4.69, 9.17) is 0 Å². The third-order valence-corrected chi connectivity index (χ3v) is 4.24. The predicted molar refractivity (Wildman–Crippen MR) is 89.9 cm³/mol. The average molecular weight is 290 g/mol. The Kier molecular flexibility index (Phi) is 5.06. The van der Waals surface area contributed by atoms with Gasteiger partial charge in [-0.25, -0.2) is 4.98 Å². The van der Waals surface area contributed by atoms with Crippen LogP contribution >= 0.6 is 11.8 Å². The molecule has 1 aromatic carbocycles. The van der Waals surface area contributed by atoms with Gasteiger partial charge < -0.3 is 10.2 Å². The number of benzene rings is 1. The molecular formula is C15H22N4S. The summed E-state index contributed by atoms with van der Waals surface area (Å²) in [6, 6.07) is 8.65. The van der Waals surface area contributed by atoms with Crippen LogP contribution in [0, 0.1) is 0 Å². The zero-order valence-electron chi connectivity index (χ0n) is 12.6. The summed E-state index contributed by atoms with van der Waals surface area (Å²) in [6.07, 6.45) is 3.25. The summed E-state index contributed by atoms with van der Waals surface area (Å²) >= 11 is 1.87. The van der Waals surface area contributed by atoms with Crippen LogP contribution < -0.4 is 10.2 Å². The molecule has 0 aliphatic heterocycles. The van der Waals surface area contributed by atoms with Crippen LogP contribution in [0.3, 0.4) is 0 Å². The summed E-state index contributed by atoms with van der Waals surface area (Å²) in [7, 11) is 3.98. The van der Waals surface area contributed by atoms with Gasteiger partial charge in [0.1, 0.15) is 5.82 Å². The van der Waals surface area contributed by atoms with Crippen LogP contribution in [0.1, 0.15) is 13.3 Å². The van der Waals surface area contributed by atoms with E-state index in [9.17, 15) is 0 Å². The standard InChI is InChI=1S/C15H22N4S/c1-5-11(10-20-4)19(3)14-12-8-6-7-9-13(12)17-15(16-2)18-14/h6-9,11H,5,10H2,1-4H3,(H,16,17,18). The van der Waals surface area contributed by atoms with E-state index in [2.05, 4.69) is 46.5 Å². The maximum atomic E-state index is 4.66. The van der Waals surface area contributed by atoms with Crippen molar-refractivity contribution in [1.82, 2.24) is 9.97 Å². The van der Waals surface area contributed by atoms with Gasteiger partial charge in [0.2, 0.25) is 5.95 Å². The Labute approximate surface area is 125 Å². The van der Waals surface area contributed by atoms with Crippen LogP contribution in [0.4, 0.5) is 11.8 Å². The molecule has 20 heavy (non-hydrogen) atoms. The summed E-state index contributed by atoms with van der Waals surface area (Å²) in [4.78, 5) is 11.5. The monoisotopic (exact) mass is 290 g/mol. The van der Waals surface area contributed by atoms with Crippen molar-refractivity contribution in [3.05, 3.63) is 24.3 Å². The molecule has 2 rings (SSSR count). The van der Waals surface area contributed by atoms with Crippen molar-refractivity contribution in [2.75, 3.05) is 36.3 Å². The maximum Gasteiger partial charge on any atom is 0.224 e. The SMILES string of the molecule is CCC(CSC)N(C)c1nc(NC)nc2ccccc12. The van der Waals surface area contributed by atoms with Crippen LogP contribution in [0.5, 0.6) is 0 Å². The molecule has 1 heterocycles. The number of anilines is 2. The van der Waals surface area contributed by atoms with E-state index in [1.807, 2.05) is 37.0 Å². The second-order valence-electron chi connectivity index (χ2n) is 4.77. The minimum atomic E-state index is 0.480. The molecule has 0 radical (unpaired) electrons. The highest BCUT2D eigenvalue weighted by Crippen LogP contribution is 2.27. The number of fused-ring (bicyclic) bond motifs is 1. The molecular weight excluding hydrogens is 268 g/mol. The van der Waals surface area contributed by atoms with Gasteiger partial charge in [-0.15, -0.1) is 0 Å². The van der Waals surface area contributed by atoms with Gasteiger partial charge in [-0.05, 0) is 24.8 Å². The summed E-state index contributed by atoms with van der Waals surface area (Å²) in [6.45, 7) is 2.22. The number of nitrogens with one attached hydrogen (secondary N) is 1. The van der Waals surface area contributed by atoms with Crippen molar-refractivity contribution < 1.29 is 0 Å². The van der Waals surface area contributed by atoms with Crippen LogP contribution in [0.15, 0.2) is 24.3 Å². The number of para-hydroxylation sites is 1. The largest absolute Gasteiger partial charge is 0.357 e. The molecule has 0 aliphatic rings. The van der Waals surface area contributed by atoms with Crippen LogP contribution in [-0.4, -0.2) is 42.1 Å². The topological polar surface area (TPSA) is 41.1 Å². The van der Waals surface area contributed by atoms with E-state index in [1.165, 1.54) is 0 Å². The van der Waals surface area contributed by atoms with E-state index in [-0.39, 0.29) is 0 Å². The lowest BCUT2D eigenvalue weighted by molar-refractivity contribution is 0.668. The molecule has 108 valence electrons. The molecule has 2 aromatic rings. The van der Waals surface area contributed by atoms with Crippen molar-refractivity contribution in [3.8, 4) is 0 Å². The van der Waals surface area contributed by atoms with Gasteiger partial charge in [-0.2, -0.15) is 16.7 Å². The number of hydrogen-bond donors (Lipinski definition) is 1. The normalized spacial score (nSPS) is 12.4. The number of rotatable bonds is 6. The molecule has 0 spiro atoms. The molecule has 1 N–H and O–H groups in total. The first kappa shape index (κ1) is 14.9. The summed E-state index contributed by atoms with van der Waals surface area (Å²) in [5, 5.41) is 4.15. The van der Waals surface area contributed by atoms with Crippen molar-refractivity contribution in [2.45, 2.75) is 19.4 Å². The van der Waals surface area contributed by atoms with Gasteiger partial charge in [0.25, 0.3) is 0 Å². The van der Waals surface area contributed by atoms with E-state index >= 15 is 0 Å². The highest BCUT2D eigenvalue weighted by atomic mass is 32.2. The first-order valence-corrected chi connectivity index (χ1v) is 8.27. The molecule has 0 saturated carbocycles. The molecule has 5 heteroatoms. The zero-order valence-corrected chi connectivity index (χ0v) is 13.4. The third kappa shape index (κ3) is 2.98. The quantitative estimate of drug-likeness (QED) is 0.884. The number of nitrogens with zero attached hydrogens (tertiary/aromatic N) is 3. The van der Waals surface area contributed by atoms with Crippen molar-refractivity contribution in [1.29, 1.82) is 0 Å². The highest BCUT2D eigenvalue weighted by molar-refractivity contribution is 7.98. The molecule has 0 aliphatic carbocycles. The lowest BCUT2D eigenvalue weighted by Crippen LogP contribution is -2.34. The summed E-state index contributed by atoms with van der Waals surface area (Å²) in [5.41, 5.74) is 0.979. The maximum absolute atomic E-state index is 4.66. The van der Waals surface area contributed by atoms with Gasteiger partial charge >= 0.3 is 0 Å². The minimum absolute atomic E-state index is 0.480. The van der Waals surface area contributed by atoms with Crippen LogP contribution in [0.25, 0.3) is 10.9 Å². The minimum Gasteiger partial charge on any atom is -0.357 e. The fourth-order valence-electron chi connectivity index (χ4n) is 2.31. The average Bonchev–Trinajstić information content (AvgIpc) is 2.50. The van der Waals surface area contributed by atoms with Crippen molar-refractivity contribution in [2.24, 2.45) is 0 Å². The second-order valence-corrected chi connectivity index (χ2v) is 5.68. The smallest absolute Gasteiger partial charge is 0.224 e. The Morgan fingerprint density at radius 3 is 2.70 bits per heavy atom. The van der Waals surface area contributed by atoms with Gasteiger partial charge in [-0.3, -0.25) is 0 Å². The Bertz CT molecular complexity index is 573. The van der Waals surface area contributed by atoms with Crippen LogP contribution in [-0.2, 0) is 0 Å². The number of hydrogen-bond acceptors (Lipinski definition) is 5. The van der Waals surface area contributed by atoms with Gasteiger partial charge in [0, 0.05) is 31.3 Å². The lowest BCUT2D eigenvalue weighted by Gasteiger charge is -2.29. The molecule has 1 aromatic heterocycles. The fraction of sp³-hybridized carbons (Fsp3) is 0.467. The van der Waals surface area contributed by atoms with E-state index in [1.54, 1.807) is 0 Å². The molecule has 0 amide bonds. The molecule has 1 unspecified atom stereocenters. The van der Waals surface area contributed by atoms with Gasteiger partial charge in [0.15, 0.2) is 0 Å². The molecule has 4 nitrogen and oxygen atoms in total. The van der Waals surface area contributed by atoms with Crippen molar-refractivity contribution >= 4 is 34.4 Å². The fourth-order valence-corrected chi connectivity index (χ4v) is 3.15. The molecule has 0 saturated heterocycles. The Morgan fingerprint density at radius 2 is 2.05 bits per heavy atom. The Hall–Kier alpha value is -1.49. The molecule has 0 fully saturated rings. The third-order valence-electron chi connectivity index (χ3n) is 3.52. The van der Waals surface area contributed by atoms with Gasteiger partial charge in [0.05, 0.1) is 5.52 Å². The zero-order chi connectivity index (χ0) is 14.5. The molecule has 1 atom stereocenters. The number of aromatic nitrogens is 2. The lowest BCUT2D eigenvalue weighted by atomic mass is 10.2. The number of thioether (sulfide) groups is 1. The Morgan fingerprint density at radius 1 is 1.30 bits per heavy atom. The molecule has 0 bridgehead atoms. The van der Waals surface area contributed by atoms with Gasteiger partial charge in [-0.1, -0.05) is 19.1 Å². The highest BCUT2D eigenvalue weighted by Gasteiger charge is 2.17. The van der Waals surface area contributed by atoms with E-state index < -0.39 is 0 Å². The first-order valence-electron chi connectivity index (χ1n) is 6.87. The first-order chi connectivity index (χ1) is 9.71. The van der Waals surface area contributed by atoms with E-state index in [0.29, 0.717) is 12.0 Å². The Balaban J connectivity index is 2.50. The summed E-state index contributed by atoms with van der Waals surface area (Å²) in [5.74, 6) is 2.77. The predicted octanol–water partition coefficient (Wildman–Crippen LogP) is 3.25. The van der Waals surface area contributed by atoms with Crippen molar-refractivity contribution in [3.63, 3.8) is 0 Å². The summed E-state index contributed by atoms with van der Waals surface area (Å²) < 4.78 is 0. The van der Waals surface area contributed by atoms with E-state index in [0.717, 1.165) is 28.9 Å². The van der Waals surface area contributed by atoms with Crippen LogP contribution in [0.2, 0.25) is 0 Å². The second kappa shape index (κ2) is 6.79.